The first kappa shape index (κ1) is 21.8. The van der Waals surface area contributed by atoms with Crippen LogP contribution in [0.2, 0.25) is 0 Å². The number of amides is 2. The molecule has 0 bridgehead atoms. The number of nitro groups is 1. The van der Waals surface area contributed by atoms with Gasteiger partial charge in [0, 0.05) is 5.56 Å². The summed E-state index contributed by atoms with van der Waals surface area (Å²) in [5, 5.41) is 26.0. The highest BCUT2D eigenvalue weighted by Gasteiger charge is 2.22. The standard InChI is InChI=1S/C20H16N6O6S/c1-11-3-2-4-12(5-11)19(28)22-20-25-24-18(33-20)8-17(27)23-21-9-13-6-15-16(32-10-31-15)7-14(13)26(29)30/h2-7,9H,8,10H2,1H3,(H,23,27)(H,22,25,28)/b21-9+. The molecule has 1 aliphatic rings. The molecule has 2 heterocycles. The molecular formula is C20H16N6O6S. The Morgan fingerprint density at radius 2 is 2.03 bits per heavy atom. The molecule has 3 aromatic rings. The third-order valence-electron chi connectivity index (χ3n) is 4.39. The highest BCUT2D eigenvalue weighted by molar-refractivity contribution is 7.15. The summed E-state index contributed by atoms with van der Waals surface area (Å²) < 4.78 is 10.3. The molecule has 1 aromatic heterocycles. The van der Waals surface area contributed by atoms with Crippen molar-refractivity contribution in [3.8, 4) is 11.5 Å². The second-order valence-corrected chi connectivity index (χ2v) is 7.88. The monoisotopic (exact) mass is 468 g/mol. The van der Waals surface area contributed by atoms with Gasteiger partial charge in [-0.3, -0.25) is 25.0 Å². The number of hydrazone groups is 1. The smallest absolute Gasteiger partial charge is 0.282 e. The molecule has 168 valence electrons. The Morgan fingerprint density at radius 1 is 1.24 bits per heavy atom. The molecule has 0 atom stereocenters. The van der Waals surface area contributed by atoms with Crippen molar-refractivity contribution in [2.45, 2.75) is 13.3 Å². The predicted octanol–water partition coefficient (Wildman–Crippen LogP) is 2.43. The number of nitro benzene ring substituents is 1. The third-order valence-corrected chi connectivity index (χ3v) is 5.23. The molecule has 0 aliphatic carbocycles. The topological polar surface area (TPSA) is 158 Å². The minimum absolute atomic E-state index is 0.0287. The molecular weight excluding hydrogens is 452 g/mol. The van der Waals surface area contributed by atoms with E-state index in [0.717, 1.165) is 23.1 Å². The number of aromatic nitrogens is 2. The van der Waals surface area contributed by atoms with Crippen molar-refractivity contribution in [1.82, 2.24) is 15.6 Å². The van der Waals surface area contributed by atoms with E-state index in [1.165, 1.54) is 12.1 Å². The van der Waals surface area contributed by atoms with Gasteiger partial charge in [0.2, 0.25) is 17.8 Å². The molecule has 2 aromatic carbocycles. The summed E-state index contributed by atoms with van der Waals surface area (Å²) in [5.41, 5.74) is 3.61. The van der Waals surface area contributed by atoms with Gasteiger partial charge in [0.05, 0.1) is 29.2 Å². The van der Waals surface area contributed by atoms with E-state index in [9.17, 15) is 19.7 Å². The van der Waals surface area contributed by atoms with E-state index in [-0.39, 0.29) is 41.3 Å². The van der Waals surface area contributed by atoms with Crippen LogP contribution in [0.3, 0.4) is 0 Å². The molecule has 1 aliphatic heterocycles. The molecule has 2 N–H and O–H groups in total. The fourth-order valence-electron chi connectivity index (χ4n) is 2.89. The molecule has 0 spiro atoms. The van der Waals surface area contributed by atoms with Gasteiger partial charge in [0.1, 0.15) is 5.01 Å². The number of aryl methyl sites for hydroxylation is 1. The van der Waals surface area contributed by atoms with Gasteiger partial charge in [-0.1, -0.05) is 29.0 Å². The minimum atomic E-state index is -0.584. The fourth-order valence-corrected chi connectivity index (χ4v) is 3.62. The van der Waals surface area contributed by atoms with Crippen LogP contribution in [0.1, 0.15) is 26.5 Å². The summed E-state index contributed by atoms with van der Waals surface area (Å²) in [7, 11) is 0. The lowest BCUT2D eigenvalue weighted by molar-refractivity contribution is -0.385. The van der Waals surface area contributed by atoms with Crippen LogP contribution in [0.5, 0.6) is 11.5 Å². The molecule has 0 unspecified atom stereocenters. The number of nitrogens with one attached hydrogen (secondary N) is 2. The van der Waals surface area contributed by atoms with Crippen LogP contribution in [0, 0.1) is 17.0 Å². The van der Waals surface area contributed by atoms with E-state index in [2.05, 4.69) is 26.0 Å². The van der Waals surface area contributed by atoms with E-state index >= 15 is 0 Å². The Bertz CT molecular complexity index is 1270. The van der Waals surface area contributed by atoms with Crippen molar-refractivity contribution in [3.63, 3.8) is 0 Å². The third kappa shape index (κ3) is 5.27. The first-order chi connectivity index (χ1) is 15.9. The summed E-state index contributed by atoms with van der Waals surface area (Å²) >= 11 is 1.05. The number of anilines is 1. The predicted molar refractivity (Wildman–Crippen MR) is 118 cm³/mol. The number of ether oxygens (including phenoxy) is 2. The number of benzene rings is 2. The molecule has 33 heavy (non-hydrogen) atoms. The van der Waals surface area contributed by atoms with Gasteiger partial charge in [0.15, 0.2) is 11.5 Å². The molecule has 0 saturated carbocycles. The van der Waals surface area contributed by atoms with E-state index in [4.69, 9.17) is 9.47 Å². The molecule has 0 fully saturated rings. The van der Waals surface area contributed by atoms with E-state index in [1.54, 1.807) is 18.2 Å². The number of hydrogen-bond donors (Lipinski definition) is 2. The van der Waals surface area contributed by atoms with Crippen LogP contribution in [0.4, 0.5) is 10.8 Å². The number of carbonyl (C=O) groups excluding carboxylic acids is 2. The Balaban J connectivity index is 1.35. The summed E-state index contributed by atoms with van der Waals surface area (Å²) in [6.07, 6.45) is 1.00. The summed E-state index contributed by atoms with van der Waals surface area (Å²) in [4.78, 5) is 35.1. The zero-order valence-electron chi connectivity index (χ0n) is 17.1. The van der Waals surface area contributed by atoms with Crippen LogP contribution < -0.4 is 20.2 Å². The molecule has 0 saturated heterocycles. The summed E-state index contributed by atoms with van der Waals surface area (Å²) in [6.45, 7) is 1.85. The lowest BCUT2D eigenvalue weighted by Gasteiger charge is -2.01. The average Bonchev–Trinajstić information content (AvgIpc) is 3.41. The van der Waals surface area contributed by atoms with Crippen molar-refractivity contribution in [2.24, 2.45) is 5.10 Å². The van der Waals surface area contributed by atoms with Gasteiger partial charge in [-0.15, -0.1) is 10.2 Å². The van der Waals surface area contributed by atoms with Crippen LogP contribution in [-0.4, -0.2) is 39.9 Å². The number of nitrogens with zero attached hydrogens (tertiary/aromatic N) is 4. The van der Waals surface area contributed by atoms with Crippen LogP contribution in [-0.2, 0) is 11.2 Å². The molecule has 13 heteroatoms. The number of carbonyl (C=O) groups is 2. The second kappa shape index (κ2) is 9.40. The summed E-state index contributed by atoms with van der Waals surface area (Å²) in [6, 6.07) is 9.72. The van der Waals surface area contributed by atoms with E-state index in [1.807, 2.05) is 13.0 Å². The van der Waals surface area contributed by atoms with Crippen molar-refractivity contribution in [2.75, 3.05) is 12.1 Å². The van der Waals surface area contributed by atoms with Gasteiger partial charge in [-0.2, -0.15) is 5.10 Å². The Hall–Kier alpha value is -4.39. The zero-order valence-corrected chi connectivity index (χ0v) is 17.9. The van der Waals surface area contributed by atoms with Crippen molar-refractivity contribution in [3.05, 3.63) is 68.2 Å². The summed E-state index contributed by atoms with van der Waals surface area (Å²) in [5.74, 6) is -0.227. The Labute approximate surface area is 190 Å². The Morgan fingerprint density at radius 3 is 2.79 bits per heavy atom. The number of rotatable bonds is 7. The first-order valence-corrected chi connectivity index (χ1v) is 10.3. The largest absolute Gasteiger partial charge is 0.454 e. The maximum Gasteiger partial charge on any atom is 0.282 e. The number of hydrogen-bond acceptors (Lipinski definition) is 10. The van der Waals surface area contributed by atoms with E-state index < -0.39 is 10.8 Å². The van der Waals surface area contributed by atoms with Crippen LogP contribution >= 0.6 is 11.3 Å². The zero-order chi connectivity index (χ0) is 23.4. The lowest BCUT2D eigenvalue weighted by Crippen LogP contribution is -2.19. The maximum absolute atomic E-state index is 12.3. The minimum Gasteiger partial charge on any atom is -0.454 e. The van der Waals surface area contributed by atoms with Gasteiger partial charge in [-0.05, 0) is 25.1 Å². The maximum atomic E-state index is 12.3. The SMILES string of the molecule is Cc1cccc(C(=O)Nc2nnc(CC(=O)N/N=C/c3cc4c(cc3[N+](=O)[O-])OCO4)s2)c1. The van der Waals surface area contributed by atoms with Gasteiger partial charge < -0.3 is 9.47 Å². The first-order valence-electron chi connectivity index (χ1n) is 9.49. The van der Waals surface area contributed by atoms with Crippen molar-refractivity contribution < 1.29 is 24.0 Å². The lowest BCUT2D eigenvalue weighted by atomic mass is 10.1. The highest BCUT2D eigenvalue weighted by atomic mass is 32.1. The van der Waals surface area contributed by atoms with Crippen molar-refractivity contribution >= 4 is 40.2 Å². The van der Waals surface area contributed by atoms with Crippen molar-refractivity contribution in [1.29, 1.82) is 0 Å². The van der Waals surface area contributed by atoms with Gasteiger partial charge >= 0.3 is 0 Å². The normalized spacial score (nSPS) is 12.0. The fraction of sp³-hybridized carbons (Fsp3) is 0.150. The van der Waals surface area contributed by atoms with Gasteiger partial charge in [-0.25, -0.2) is 5.43 Å². The molecule has 0 radical (unpaired) electrons. The molecule has 2 amide bonds. The van der Waals surface area contributed by atoms with E-state index in [0.29, 0.717) is 16.3 Å². The van der Waals surface area contributed by atoms with Crippen LogP contribution in [0.25, 0.3) is 0 Å². The Kier molecular flexibility index (Phi) is 6.22. The second-order valence-electron chi connectivity index (χ2n) is 6.82. The number of fused-ring (bicyclic) bond motifs is 1. The van der Waals surface area contributed by atoms with Gasteiger partial charge in [0.25, 0.3) is 11.6 Å². The highest BCUT2D eigenvalue weighted by Crippen LogP contribution is 2.37. The average molecular weight is 468 g/mol. The van der Waals surface area contributed by atoms with Crippen LogP contribution in [0.15, 0.2) is 41.5 Å². The molecule has 4 rings (SSSR count). The molecule has 12 nitrogen and oxygen atoms in total. The quantitative estimate of drug-likeness (QED) is 0.304.